The van der Waals surface area contributed by atoms with E-state index in [0.717, 1.165) is 38.2 Å². The Morgan fingerprint density at radius 3 is 2.64 bits per heavy atom. The zero-order valence-electron chi connectivity index (χ0n) is 12.2. The predicted molar refractivity (Wildman–Crippen MR) is 85.1 cm³/mol. The van der Waals surface area contributed by atoms with Crippen LogP contribution in [0.1, 0.15) is 12.0 Å². The third-order valence-electron chi connectivity index (χ3n) is 4.56. The lowest BCUT2D eigenvalue weighted by Crippen LogP contribution is -2.44. The number of halogens is 1. The summed E-state index contributed by atoms with van der Waals surface area (Å²) < 4.78 is 0. The molecule has 1 amide bonds. The third kappa shape index (κ3) is 3.56. The van der Waals surface area contributed by atoms with Gasteiger partial charge in [-0.3, -0.25) is 14.9 Å². The van der Waals surface area contributed by atoms with Gasteiger partial charge in [0, 0.05) is 25.2 Å². The minimum absolute atomic E-state index is 0. The molecule has 0 aromatic heterocycles. The Kier molecular flexibility index (Phi) is 5.37. The van der Waals surface area contributed by atoms with E-state index in [-0.39, 0.29) is 24.0 Å². The Labute approximate surface area is 135 Å². The highest BCUT2D eigenvalue weighted by atomic mass is 35.5. The quantitative estimate of drug-likeness (QED) is 0.677. The van der Waals surface area contributed by atoms with Gasteiger partial charge in [-0.1, -0.05) is 12.1 Å². The second kappa shape index (κ2) is 7.07. The van der Waals surface area contributed by atoms with Crippen molar-refractivity contribution in [3.63, 3.8) is 0 Å². The molecule has 0 saturated carbocycles. The van der Waals surface area contributed by atoms with E-state index in [1.807, 2.05) is 4.90 Å². The molecule has 0 aliphatic carbocycles. The Bertz CT molecular complexity index is 549. The molecular weight excluding hydrogens is 306 g/mol. The molecule has 3 rings (SSSR count). The summed E-state index contributed by atoms with van der Waals surface area (Å²) >= 11 is 0. The van der Waals surface area contributed by atoms with Gasteiger partial charge in [0.05, 0.1) is 11.3 Å². The van der Waals surface area contributed by atoms with Crippen LogP contribution in [0.3, 0.4) is 0 Å². The number of hydrogen-bond acceptors (Lipinski definition) is 4. The van der Waals surface area contributed by atoms with Crippen LogP contribution >= 0.6 is 12.4 Å². The van der Waals surface area contributed by atoms with E-state index in [1.165, 1.54) is 12.1 Å². The van der Waals surface area contributed by atoms with Crippen LogP contribution in [0, 0.1) is 22.0 Å². The first-order chi connectivity index (χ1) is 10.1. The number of benzene rings is 1. The minimum atomic E-state index is -0.427. The van der Waals surface area contributed by atoms with Gasteiger partial charge < -0.3 is 10.2 Å². The number of likely N-dealkylation sites (tertiary alicyclic amines) is 1. The van der Waals surface area contributed by atoms with E-state index in [9.17, 15) is 14.9 Å². The van der Waals surface area contributed by atoms with Gasteiger partial charge >= 0.3 is 0 Å². The van der Waals surface area contributed by atoms with E-state index >= 15 is 0 Å². The molecule has 22 heavy (non-hydrogen) atoms. The van der Waals surface area contributed by atoms with Gasteiger partial charge in [0.1, 0.15) is 0 Å². The zero-order valence-corrected chi connectivity index (χ0v) is 13.1. The highest BCUT2D eigenvalue weighted by Gasteiger charge is 2.34. The molecule has 2 atom stereocenters. The van der Waals surface area contributed by atoms with E-state index in [4.69, 9.17) is 0 Å². The van der Waals surface area contributed by atoms with E-state index in [2.05, 4.69) is 5.32 Å². The summed E-state index contributed by atoms with van der Waals surface area (Å²) in [5.41, 5.74) is 0.890. The molecule has 1 N–H and O–H groups in total. The molecule has 1 aromatic carbocycles. The molecule has 7 heteroatoms. The number of piperidine rings is 1. The Morgan fingerprint density at radius 2 is 1.95 bits per heavy atom. The van der Waals surface area contributed by atoms with Gasteiger partial charge in [0.25, 0.3) is 5.69 Å². The zero-order chi connectivity index (χ0) is 14.8. The first-order valence-corrected chi connectivity index (χ1v) is 7.35. The van der Waals surface area contributed by atoms with E-state index in [0.29, 0.717) is 18.3 Å². The van der Waals surface area contributed by atoms with Crippen molar-refractivity contribution in [1.29, 1.82) is 0 Å². The smallest absolute Gasteiger partial charge is 0.269 e. The maximum absolute atomic E-state index is 12.3. The van der Waals surface area contributed by atoms with Gasteiger partial charge in [-0.15, -0.1) is 12.4 Å². The fourth-order valence-corrected chi connectivity index (χ4v) is 3.28. The van der Waals surface area contributed by atoms with Gasteiger partial charge in [-0.2, -0.15) is 0 Å². The first-order valence-electron chi connectivity index (χ1n) is 7.35. The summed E-state index contributed by atoms with van der Waals surface area (Å²) in [5.74, 6) is 1.42. The summed E-state index contributed by atoms with van der Waals surface area (Å²) in [5, 5.41) is 14.0. The monoisotopic (exact) mass is 325 g/mol. The number of nitrogens with zero attached hydrogens (tertiary/aromatic N) is 2. The number of carbonyl (C=O) groups excluding carboxylic acids is 1. The first kappa shape index (κ1) is 16.7. The highest BCUT2D eigenvalue weighted by molar-refractivity contribution is 5.85. The Hall–Kier alpha value is -1.66. The fourth-order valence-electron chi connectivity index (χ4n) is 3.28. The Morgan fingerprint density at radius 1 is 1.27 bits per heavy atom. The number of nitrogens with one attached hydrogen (secondary N) is 1. The number of nitro benzene ring substituents is 1. The van der Waals surface area contributed by atoms with E-state index < -0.39 is 4.92 Å². The lowest BCUT2D eigenvalue weighted by Gasteiger charge is -2.34. The van der Waals surface area contributed by atoms with Crippen molar-refractivity contribution in [3.05, 3.63) is 39.9 Å². The number of fused-ring (bicyclic) bond motifs is 1. The van der Waals surface area contributed by atoms with Crippen molar-refractivity contribution in [2.45, 2.75) is 12.8 Å². The predicted octanol–water partition coefficient (Wildman–Crippen LogP) is 1.63. The molecule has 0 spiro atoms. The van der Waals surface area contributed by atoms with Crippen molar-refractivity contribution >= 4 is 24.0 Å². The minimum Gasteiger partial charge on any atom is -0.342 e. The van der Waals surface area contributed by atoms with Gasteiger partial charge in [0.2, 0.25) is 5.91 Å². The Balaban J connectivity index is 0.00000176. The van der Waals surface area contributed by atoms with Crippen LogP contribution in [0.2, 0.25) is 0 Å². The molecule has 6 nitrogen and oxygen atoms in total. The van der Waals surface area contributed by atoms with Crippen molar-refractivity contribution in [2.75, 3.05) is 26.2 Å². The molecular formula is C15H20ClN3O3. The summed E-state index contributed by atoms with van der Waals surface area (Å²) in [7, 11) is 0. The highest BCUT2D eigenvalue weighted by Crippen LogP contribution is 2.26. The molecule has 2 aliphatic rings. The topological polar surface area (TPSA) is 75.5 Å². The van der Waals surface area contributed by atoms with Crippen LogP contribution in [0.5, 0.6) is 0 Å². The molecule has 1 aromatic rings. The van der Waals surface area contributed by atoms with Crippen LogP contribution in [0.25, 0.3) is 0 Å². The standard InChI is InChI=1S/C15H19N3O3.ClH/c19-15(7-11-1-3-14(4-2-11)18(20)21)17-6-5-12-8-16-9-13(12)10-17;/h1-4,12-13,16H,5-10H2;1H. The molecule has 0 radical (unpaired) electrons. The fraction of sp³-hybridized carbons (Fsp3) is 0.533. The number of amides is 1. The second-order valence-corrected chi connectivity index (χ2v) is 5.91. The summed E-state index contributed by atoms with van der Waals surface area (Å²) in [6.45, 7) is 3.75. The van der Waals surface area contributed by atoms with E-state index in [1.54, 1.807) is 12.1 Å². The third-order valence-corrected chi connectivity index (χ3v) is 4.56. The van der Waals surface area contributed by atoms with Crippen LogP contribution in [-0.2, 0) is 11.2 Å². The average Bonchev–Trinajstić information content (AvgIpc) is 2.95. The van der Waals surface area contributed by atoms with Crippen LogP contribution in [0.15, 0.2) is 24.3 Å². The SMILES string of the molecule is Cl.O=C(Cc1ccc([N+](=O)[O-])cc1)N1CCC2CNCC2C1. The largest absolute Gasteiger partial charge is 0.342 e. The van der Waals surface area contributed by atoms with Crippen molar-refractivity contribution < 1.29 is 9.72 Å². The van der Waals surface area contributed by atoms with Gasteiger partial charge in [0.15, 0.2) is 0 Å². The number of non-ortho nitro benzene ring substituents is 1. The van der Waals surface area contributed by atoms with Gasteiger partial charge in [-0.05, 0) is 36.9 Å². The summed E-state index contributed by atoms with van der Waals surface area (Å²) in [6, 6.07) is 6.24. The maximum atomic E-state index is 12.3. The second-order valence-electron chi connectivity index (χ2n) is 5.91. The molecule has 2 fully saturated rings. The molecule has 2 heterocycles. The number of hydrogen-bond donors (Lipinski definition) is 1. The number of carbonyl (C=O) groups is 1. The van der Waals surface area contributed by atoms with Crippen molar-refractivity contribution in [2.24, 2.45) is 11.8 Å². The average molecular weight is 326 g/mol. The van der Waals surface area contributed by atoms with Crippen LogP contribution < -0.4 is 5.32 Å². The van der Waals surface area contributed by atoms with Crippen molar-refractivity contribution in [1.82, 2.24) is 10.2 Å². The van der Waals surface area contributed by atoms with Crippen LogP contribution in [-0.4, -0.2) is 41.9 Å². The lowest BCUT2D eigenvalue weighted by molar-refractivity contribution is -0.384. The number of nitro groups is 1. The van der Waals surface area contributed by atoms with Crippen LogP contribution in [0.4, 0.5) is 5.69 Å². The molecule has 2 saturated heterocycles. The lowest BCUT2D eigenvalue weighted by atomic mass is 9.88. The molecule has 2 aliphatic heterocycles. The molecule has 2 unspecified atom stereocenters. The van der Waals surface area contributed by atoms with Crippen molar-refractivity contribution in [3.8, 4) is 0 Å². The van der Waals surface area contributed by atoms with Gasteiger partial charge in [-0.25, -0.2) is 0 Å². The summed E-state index contributed by atoms with van der Waals surface area (Å²) in [6.07, 6.45) is 1.40. The normalized spacial score (nSPS) is 23.5. The molecule has 120 valence electrons. The summed E-state index contributed by atoms with van der Waals surface area (Å²) in [4.78, 5) is 24.5. The maximum Gasteiger partial charge on any atom is 0.269 e. The molecule has 0 bridgehead atoms. The number of rotatable bonds is 3.